The number of carbonyl (C=O) groups excluding carboxylic acids is 3. The minimum atomic E-state index is -0.995. The van der Waals surface area contributed by atoms with E-state index in [9.17, 15) is 14.4 Å². The number of benzene rings is 6. The van der Waals surface area contributed by atoms with Crippen LogP contribution in [0.1, 0.15) is 47.8 Å². The van der Waals surface area contributed by atoms with Gasteiger partial charge < -0.3 is 0 Å². The Kier molecular flexibility index (Phi) is 8.21. The zero-order valence-electron chi connectivity index (χ0n) is 23.2. The number of rotatable bonds is 9. The van der Waals surface area contributed by atoms with Gasteiger partial charge in [-0.2, -0.15) is 0 Å². The van der Waals surface area contributed by atoms with Crippen molar-refractivity contribution in [2.24, 2.45) is 0 Å². The zero-order chi connectivity index (χ0) is 29.6. The van der Waals surface area contributed by atoms with E-state index < -0.39 is 10.9 Å². The number of ketones is 3. The number of carbonyl (C=O) groups is 3. The molecule has 0 aliphatic heterocycles. The van der Waals surface area contributed by atoms with Crippen LogP contribution in [0.3, 0.4) is 0 Å². The van der Waals surface area contributed by atoms with E-state index in [1.807, 2.05) is 127 Å². The van der Waals surface area contributed by atoms with Gasteiger partial charge in [-0.25, -0.2) is 0 Å². The molecule has 206 valence electrons. The average Bonchev–Trinajstić information content (AvgIpc) is 3.09. The molecule has 0 atom stereocenters. The summed E-state index contributed by atoms with van der Waals surface area (Å²) in [6.45, 7) is 0. The van der Waals surface area contributed by atoms with Gasteiger partial charge in [0.2, 0.25) is 0 Å². The lowest BCUT2D eigenvalue weighted by Crippen LogP contribution is -2.18. The number of hydrogen-bond donors (Lipinski definition) is 0. The van der Waals surface area contributed by atoms with Crippen LogP contribution >= 0.6 is 0 Å². The normalized spacial score (nSPS) is 10.8. The molecule has 0 saturated heterocycles. The van der Waals surface area contributed by atoms with Gasteiger partial charge in [0.1, 0.15) is 10.9 Å². The smallest absolute Gasteiger partial charge is 0.198 e. The maximum Gasteiger partial charge on any atom is 0.198 e. The Morgan fingerprint density at radius 1 is 0.302 bits per heavy atom. The Morgan fingerprint density at radius 3 is 0.814 bits per heavy atom. The fourth-order valence-corrected chi connectivity index (χ4v) is 7.58. The van der Waals surface area contributed by atoms with E-state index in [0.717, 1.165) is 14.7 Å². The molecule has 43 heavy (non-hydrogen) atoms. The van der Waals surface area contributed by atoms with Crippen molar-refractivity contribution in [3.05, 3.63) is 197 Å². The molecule has 0 amide bonds. The highest BCUT2D eigenvalue weighted by Gasteiger charge is 2.39. The Labute approximate surface area is 253 Å². The van der Waals surface area contributed by atoms with Crippen molar-refractivity contribution < 1.29 is 14.4 Å². The molecule has 0 aromatic heterocycles. The van der Waals surface area contributed by atoms with E-state index in [1.54, 1.807) is 36.4 Å². The Hall–Kier alpha value is -5.32. The first-order chi connectivity index (χ1) is 21.1. The molecule has 6 aromatic carbocycles. The molecule has 6 rings (SSSR count). The molecule has 3 nitrogen and oxygen atoms in total. The summed E-state index contributed by atoms with van der Waals surface area (Å²) in [6, 6.07) is 50.1. The van der Waals surface area contributed by atoms with Gasteiger partial charge in [0, 0.05) is 16.7 Å². The van der Waals surface area contributed by atoms with Crippen LogP contribution in [0.5, 0.6) is 0 Å². The van der Waals surface area contributed by atoms with Crippen molar-refractivity contribution in [2.45, 2.75) is 14.7 Å². The minimum absolute atomic E-state index is 0.118. The summed E-state index contributed by atoms with van der Waals surface area (Å²) >= 11 is 0. The summed E-state index contributed by atoms with van der Waals surface area (Å²) in [6.07, 6.45) is 0. The van der Waals surface area contributed by atoms with Gasteiger partial charge in [0.05, 0.1) is 16.7 Å². The highest BCUT2D eigenvalue weighted by molar-refractivity contribution is 7.97. The quantitative estimate of drug-likeness (QED) is 0.128. The van der Waals surface area contributed by atoms with Crippen LogP contribution in [0.15, 0.2) is 178 Å². The van der Waals surface area contributed by atoms with Crippen LogP contribution < -0.4 is 0 Å². The second-order valence-electron chi connectivity index (χ2n) is 9.88. The summed E-state index contributed by atoms with van der Waals surface area (Å²) in [5.41, 5.74) is 3.30. The second kappa shape index (κ2) is 12.7. The molecule has 0 aliphatic rings. The molecule has 0 saturated carbocycles. The third kappa shape index (κ3) is 5.74. The van der Waals surface area contributed by atoms with Crippen LogP contribution in [-0.2, 0) is 10.9 Å². The highest BCUT2D eigenvalue weighted by atomic mass is 32.2. The van der Waals surface area contributed by atoms with E-state index in [2.05, 4.69) is 0 Å². The summed E-state index contributed by atoms with van der Waals surface area (Å²) in [4.78, 5) is 44.2. The van der Waals surface area contributed by atoms with E-state index in [-0.39, 0.29) is 17.3 Å². The highest BCUT2D eigenvalue weighted by Crippen LogP contribution is 2.38. The lowest BCUT2D eigenvalue weighted by molar-refractivity contribution is 0.102. The van der Waals surface area contributed by atoms with Gasteiger partial charge in [0.25, 0.3) is 0 Å². The van der Waals surface area contributed by atoms with Crippen molar-refractivity contribution in [2.75, 3.05) is 0 Å². The molecule has 4 heteroatoms. The van der Waals surface area contributed by atoms with Crippen molar-refractivity contribution in [1.29, 1.82) is 0 Å². The molecule has 0 N–H and O–H groups in total. The van der Waals surface area contributed by atoms with E-state index >= 15 is 0 Å². The molecule has 0 aliphatic carbocycles. The van der Waals surface area contributed by atoms with E-state index in [1.165, 1.54) is 0 Å². The Morgan fingerprint density at radius 2 is 0.535 bits per heavy atom. The molecular weight excluding hydrogens is 548 g/mol. The van der Waals surface area contributed by atoms with Crippen LogP contribution in [0.4, 0.5) is 0 Å². The predicted molar refractivity (Wildman–Crippen MR) is 171 cm³/mol. The molecule has 0 unspecified atom stereocenters. The molecule has 0 radical (unpaired) electrons. The maximum atomic E-state index is 14.0. The topological polar surface area (TPSA) is 51.2 Å². The van der Waals surface area contributed by atoms with Crippen LogP contribution in [0.25, 0.3) is 0 Å². The first-order valence-electron chi connectivity index (χ1n) is 13.9. The van der Waals surface area contributed by atoms with Crippen molar-refractivity contribution in [3.8, 4) is 0 Å². The fraction of sp³-hybridized carbons (Fsp3) is 0. The Balaban J connectivity index is 1.61. The molecular formula is C39H27O3S+. The van der Waals surface area contributed by atoms with Gasteiger partial charge in [-0.05, 0) is 36.4 Å². The van der Waals surface area contributed by atoms with Gasteiger partial charge >= 0.3 is 0 Å². The minimum Gasteiger partial charge on any atom is -0.288 e. The zero-order valence-corrected chi connectivity index (χ0v) is 24.0. The maximum absolute atomic E-state index is 14.0. The Bertz CT molecular complexity index is 1690. The van der Waals surface area contributed by atoms with Gasteiger partial charge in [-0.15, -0.1) is 0 Å². The van der Waals surface area contributed by atoms with Crippen molar-refractivity contribution in [1.82, 2.24) is 0 Å². The van der Waals surface area contributed by atoms with Crippen LogP contribution in [-0.4, -0.2) is 17.3 Å². The lowest BCUT2D eigenvalue weighted by Gasteiger charge is -2.16. The third-order valence-electron chi connectivity index (χ3n) is 7.16. The average molecular weight is 576 g/mol. The molecule has 0 spiro atoms. The molecule has 0 bridgehead atoms. The largest absolute Gasteiger partial charge is 0.288 e. The summed E-state index contributed by atoms with van der Waals surface area (Å²) in [5, 5.41) is 0. The molecule has 0 fully saturated rings. The van der Waals surface area contributed by atoms with Crippen molar-refractivity contribution >= 4 is 28.2 Å². The number of hydrogen-bond acceptors (Lipinski definition) is 3. The first kappa shape index (κ1) is 27.8. The van der Waals surface area contributed by atoms with Gasteiger partial charge in [-0.1, -0.05) is 127 Å². The van der Waals surface area contributed by atoms with Crippen LogP contribution in [0.2, 0.25) is 0 Å². The van der Waals surface area contributed by atoms with E-state index in [4.69, 9.17) is 0 Å². The van der Waals surface area contributed by atoms with Gasteiger partial charge in [0.15, 0.2) is 32.0 Å². The molecule has 0 heterocycles. The molecule has 6 aromatic rings. The summed E-state index contributed by atoms with van der Waals surface area (Å²) < 4.78 is 0. The van der Waals surface area contributed by atoms with Crippen molar-refractivity contribution in [3.63, 3.8) is 0 Å². The third-order valence-corrected chi connectivity index (χ3v) is 9.55. The summed E-state index contributed by atoms with van der Waals surface area (Å²) in [7, 11) is -0.995. The second-order valence-corrected chi connectivity index (χ2v) is 11.8. The SMILES string of the molecule is O=C(c1ccccc1)c1ccccc1[S+](c1ccccc1C(=O)c1ccccc1)c1ccccc1C(=O)c1ccccc1. The first-order valence-corrected chi connectivity index (χ1v) is 15.2. The van der Waals surface area contributed by atoms with E-state index in [0.29, 0.717) is 33.4 Å². The standard InChI is InChI=1S/C39H27O3S/c40-37(28-16-4-1-5-17-28)31-22-10-13-25-34(31)43(35-26-14-11-23-32(35)38(41)29-18-6-2-7-19-29)36-27-15-12-24-33(36)39(42)30-20-8-3-9-21-30/h1-27H/q+1. The summed E-state index contributed by atoms with van der Waals surface area (Å²) in [5.74, 6) is -0.354. The lowest BCUT2D eigenvalue weighted by atomic mass is 10.0. The fourth-order valence-electron chi connectivity index (χ4n) is 5.09. The predicted octanol–water partition coefficient (Wildman–Crippen LogP) is 8.48. The monoisotopic (exact) mass is 575 g/mol. The van der Waals surface area contributed by atoms with Crippen LogP contribution in [0, 0.1) is 0 Å². The van der Waals surface area contributed by atoms with Gasteiger partial charge in [-0.3, -0.25) is 14.4 Å².